The van der Waals surface area contributed by atoms with Crippen molar-refractivity contribution in [2.45, 2.75) is 27.3 Å². The van der Waals surface area contributed by atoms with Crippen molar-refractivity contribution in [3.8, 4) is 0 Å². The second-order valence-corrected chi connectivity index (χ2v) is 6.05. The van der Waals surface area contributed by atoms with E-state index < -0.39 is 5.41 Å². The van der Waals surface area contributed by atoms with Crippen LogP contribution in [0.5, 0.6) is 0 Å². The van der Waals surface area contributed by atoms with E-state index in [0.29, 0.717) is 13.1 Å². The first-order chi connectivity index (χ1) is 11.5. The number of nitrogens with one attached hydrogen (secondary N) is 1. The van der Waals surface area contributed by atoms with Gasteiger partial charge in [0.15, 0.2) is 0 Å². The molecule has 0 spiro atoms. The average Bonchev–Trinajstić information content (AvgIpc) is 2.62. The van der Waals surface area contributed by atoms with Crippen LogP contribution in [0.2, 0.25) is 0 Å². The van der Waals surface area contributed by atoms with Gasteiger partial charge in [-0.05, 0) is 50.6 Å². The molecule has 0 bridgehead atoms. The van der Waals surface area contributed by atoms with Crippen molar-refractivity contribution in [1.82, 2.24) is 10.3 Å². The van der Waals surface area contributed by atoms with E-state index in [4.69, 9.17) is 0 Å². The van der Waals surface area contributed by atoms with E-state index in [1.165, 1.54) is 0 Å². The summed E-state index contributed by atoms with van der Waals surface area (Å²) in [7, 11) is 0. The third kappa shape index (κ3) is 3.98. The Hall–Kier alpha value is -2.69. The molecule has 1 aromatic heterocycles. The van der Waals surface area contributed by atoms with Gasteiger partial charge in [0.05, 0.1) is 0 Å². The van der Waals surface area contributed by atoms with Crippen molar-refractivity contribution in [2.75, 3.05) is 11.4 Å². The number of hydrogen-bond acceptors (Lipinski definition) is 3. The predicted molar refractivity (Wildman–Crippen MR) is 94.3 cm³/mol. The number of amides is 2. The van der Waals surface area contributed by atoms with Gasteiger partial charge in [-0.15, -0.1) is 0 Å². The Morgan fingerprint density at radius 1 is 1.08 bits per heavy atom. The molecule has 2 amide bonds. The molecule has 1 N–H and O–H groups in total. The number of benzene rings is 1. The van der Waals surface area contributed by atoms with Gasteiger partial charge in [0.1, 0.15) is 5.41 Å². The lowest BCUT2D eigenvalue weighted by Gasteiger charge is -2.30. The van der Waals surface area contributed by atoms with Gasteiger partial charge >= 0.3 is 0 Å². The highest BCUT2D eigenvalue weighted by molar-refractivity contribution is 6.10. The summed E-state index contributed by atoms with van der Waals surface area (Å²) in [5, 5.41) is 2.84. The largest absolute Gasteiger partial charge is 0.351 e. The minimum Gasteiger partial charge on any atom is -0.351 e. The number of nitrogens with zero attached hydrogens (tertiary/aromatic N) is 2. The highest BCUT2D eigenvalue weighted by atomic mass is 16.2. The van der Waals surface area contributed by atoms with Crippen molar-refractivity contribution < 1.29 is 9.59 Å². The first-order valence-electron chi connectivity index (χ1n) is 8.01. The Labute approximate surface area is 142 Å². The van der Waals surface area contributed by atoms with Crippen LogP contribution >= 0.6 is 0 Å². The fourth-order valence-electron chi connectivity index (χ4n) is 2.39. The van der Waals surface area contributed by atoms with Crippen LogP contribution in [-0.2, 0) is 16.1 Å². The summed E-state index contributed by atoms with van der Waals surface area (Å²) in [5.41, 5.74) is 0.579. The van der Waals surface area contributed by atoms with Crippen LogP contribution in [0.3, 0.4) is 0 Å². The Kier molecular flexibility index (Phi) is 5.68. The molecule has 0 saturated carbocycles. The van der Waals surface area contributed by atoms with Crippen molar-refractivity contribution >= 4 is 17.5 Å². The molecule has 24 heavy (non-hydrogen) atoms. The zero-order chi connectivity index (χ0) is 17.6. The highest BCUT2D eigenvalue weighted by Gasteiger charge is 2.39. The molecule has 0 saturated heterocycles. The molecule has 1 heterocycles. The van der Waals surface area contributed by atoms with Crippen molar-refractivity contribution in [3.05, 3.63) is 60.4 Å². The summed E-state index contributed by atoms with van der Waals surface area (Å²) in [5.74, 6) is -0.512. The van der Waals surface area contributed by atoms with Gasteiger partial charge in [-0.3, -0.25) is 14.6 Å². The number of carbonyl (C=O) groups excluding carboxylic acids is 2. The molecule has 126 valence electrons. The zero-order valence-electron chi connectivity index (χ0n) is 14.3. The molecular formula is C19H23N3O2. The number of rotatable bonds is 6. The molecule has 0 aliphatic heterocycles. The maximum Gasteiger partial charge on any atom is 0.242 e. The van der Waals surface area contributed by atoms with E-state index in [1.807, 2.05) is 49.4 Å². The molecular weight excluding hydrogens is 302 g/mol. The Morgan fingerprint density at radius 3 is 2.29 bits per heavy atom. The SMILES string of the molecule is CCN(C(=O)C(C)(C)C(=O)NCc1ccncc1)c1ccccc1. The Morgan fingerprint density at radius 2 is 1.71 bits per heavy atom. The van der Waals surface area contributed by atoms with E-state index in [2.05, 4.69) is 10.3 Å². The van der Waals surface area contributed by atoms with Gasteiger partial charge in [0, 0.05) is 31.2 Å². The highest BCUT2D eigenvalue weighted by Crippen LogP contribution is 2.24. The second kappa shape index (κ2) is 7.73. The van der Waals surface area contributed by atoms with Crippen LogP contribution < -0.4 is 10.2 Å². The molecule has 0 aliphatic carbocycles. The molecule has 0 unspecified atom stereocenters. The smallest absolute Gasteiger partial charge is 0.242 e. The lowest BCUT2D eigenvalue weighted by molar-refractivity contribution is -0.139. The first kappa shape index (κ1) is 17.7. The number of aromatic nitrogens is 1. The van der Waals surface area contributed by atoms with Gasteiger partial charge in [-0.25, -0.2) is 0 Å². The maximum absolute atomic E-state index is 12.9. The summed E-state index contributed by atoms with van der Waals surface area (Å²) >= 11 is 0. The molecule has 0 radical (unpaired) electrons. The lowest BCUT2D eigenvalue weighted by atomic mass is 9.90. The predicted octanol–water partition coefficient (Wildman–Crippen LogP) is 2.78. The lowest BCUT2D eigenvalue weighted by Crippen LogP contribution is -2.49. The molecule has 1 aromatic carbocycles. The quantitative estimate of drug-likeness (QED) is 0.831. The summed E-state index contributed by atoms with van der Waals surface area (Å²) in [4.78, 5) is 31.0. The molecule has 2 aromatic rings. The van der Waals surface area contributed by atoms with E-state index >= 15 is 0 Å². The molecule has 5 nitrogen and oxygen atoms in total. The van der Waals surface area contributed by atoms with E-state index in [0.717, 1.165) is 11.3 Å². The number of para-hydroxylation sites is 1. The van der Waals surface area contributed by atoms with Crippen LogP contribution in [0.25, 0.3) is 0 Å². The minimum atomic E-state index is -1.15. The van der Waals surface area contributed by atoms with Crippen LogP contribution in [0.15, 0.2) is 54.9 Å². The summed E-state index contributed by atoms with van der Waals surface area (Å²) < 4.78 is 0. The summed E-state index contributed by atoms with van der Waals surface area (Å²) in [6, 6.07) is 13.0. The van der Waals surface area contributed by atoms with Crippen molar-refractivity contribution in [1.29, 1.82) is 0 Å². The maximum atomic E-state index is 12.9. The van der Waals surface area contributed by atoms with Crippen LogP contribution in [-0.4, -0.2) is 23.3 Å². The molecule has 5 heteroatoms. The van der Waals surface area contributed by atoms with Gasteiger partial charge in [-0.2, -0.15) is 0 Å². The first-order valence-corrected chi connectivity index (χ1v) is 8.01. The zero-order valence-corrected chi connectivity index (χ0v) is 14.3. The average molecular weight is 325 g/mol. The topological polar surface area (TPSA) is 62.3 Å². The van der Waals surface area contributed by atoms with E-state index in [-0.39, 0.29) is 11.8 Å². The summed E-state index contributed by atoms with van der Waals surface area (Å²) in [6.45, 7) is 6.08. The van der Waals surface area contributed by atoms with Crippen molar-refractivity contribution in [2.24, 2.45) is 5.41 Å². The number of pyridine rings is 1. The van der Waals surface area contributed by atoms with E-state index in [1.54, 1.807) is 31.1 Å². The van der Waals surface area contributed by atoms with Gasteiger partial charge in [0.25, 0.3) is 0 Å². The van der Waals surface area contributed by atoms with Gasteiger partial charge < -0.3 is 10.2 Å². The molecule has 0 atom stereocenters. The minimum absolute atomic E-state index is 0.219. The number of hydrogen-bond donors (Lipinski definition) is 1. The molecule has 0 aliphatic rings. The fourth-order valence-corrected chi connectivity index (χ4v) is 2.39. The normalized spacial score (nSPS) is 11.0. The van der Waals surface area contributed by atoms with Gasteiger partial charge in [0.2, 0.25) is 11.8 Å². The van der Waals surface area contributed by atoms with Crippen LogP contribution in [0, 0.1) is 5.41 Å². The fraction of sp³-hybridized carbons (Fsp3) is 0.316. The van der Waals surface area contributed by atoms with Crippen molar-refractivity contribution in [3.63, 3.8) is 0 Å². The standard InChI is InChI=1S/C19H23N3O2/c1-4-22(16-8-6-5-7-9-16)18(24)19(2,3)17(23)21-14-15-10-12-20-13-11-15/h5-13H,4,14H2,1-3H3,(H,21,23). The van der Waals surface area contributed by atoms with Crippen LogP contribution in [0.1, 0.15) is 26.3 Å². The van der Waals surface area contributed by atoms with E-state index in [9.17, 15) is 9.59 Å². The number of carbonyl (C=O) groups is 2. The Bertz CT molecular complexity index is 684. The second-order valence-electron chi connectivity index (χ2n) is 6.05. The Balaban J connectivity index is 2.09. The monoisotopic (exact) mass is 325 g/mol. The van der Waals surface area contributed by atoms with Crippen LogP contribution in [0.4, 0.5) is 5.69 Å². The number of anilines is 1. The third-order valence-corrected chi connectivity index (χ3v) is 3.93. The van der Waals surface area contributed by atoms with Gasteiger partial charge in [-0.1, -0.05) is 18.2 Å². The molecule has 0 fully saturated rings. The third-order valence-electron chi connectivity index (χ3n) is 3.93. The molecule has 2 rings (SSSR count). The summed E-state index contributed by atoms with van der Waals surface area (Å²) in [6.07, 6.45) is 3.35.